The van der Waals surface area contributed by atoms with Crippen LogP contribution in [0.2, 0.25) is 78.6 Å². The van der Waals surface area contributed by atoms with Crippen LogP contribution in [0.3, 0.4) is 0 Å². The molecule has 0 radical (unpaired) electrons. The molecule has 1 aliphatic heterocycles. The first-order valence-electron chi connectivity index (χ1n) is 10.2. The molecule has 4 atom stereocenters. The van der Waals surface area contributed by atoms with Crippen LogP contribution in [0.4, 0.5) is 0 Å². The van der Waals surface area contributed by atoms with Crippen molar-refractivity contribution in [2.45, 2.75) is 103 Å². The summed E-state index contributed by atoms with van der Waals surface area (Å²) in [6, 6.07) is 0. The maximum atomic E-state index is 12.8. The van der Waals surface area contributed by atoms with Crippen LogP contribution in [0.15, 0.2) is 0 Å². The molecule has 0 saturated carbocycles. The normalized spacial score (nSPS) is 25.7. The molecule has 6 nitrogen and oxygen atoms in total. The van der Waals surface area contributed by atoms with Crippen LogP contribution in [-0.4, -0.2) is 70.3 Å². The van der Waals surface area contributed by atoms with Gasteiger partial charge in [0.15, 0.2) is 45.5 Å². The van der Waals surface area contributed by atoms with Gasteiger partial charge in [0.2, 0.25) is 0 Å². The van der Waals surface area contributed by atoms with Crippen LogP contribution in [-0.2, 0) is 27.2 Å². The largest absolute Gasteiger partial charge is 0.455 e. The molecule has 1 unspecified atom stereocenters. The number of hydrogen-bond acceptors (Lipinski definition) is 6. The average molecular weight is 467 g/mol. The molecule has 1 aliphatic rings. The van der Waals surface area contributed by atoms with E-state index in [0.29, 0.717) is 6.61 Å². The van der Waals surface area contributed by atoms with E-state index in [1.165, 1.54) is 0 Å². The molecule has 0 amide bonds. The predicted octanol–water partition coefficient (Wildman–Crippen LogP) is 4.42. The minimum atomic E-state index is -1.96. The van der Waals surface area contributed by atoms with Crippen LogP contribution in [0, 0.1) is 0 Å². The lowest BCUT2D eigenvalue weighted by Gasteiger charge is -2.36. The highest BCUT2D eigenvalue weighted by Crippen LogP contribution is 2.31. The zero-order chi connectivity index (χ0) is 22.1. The van der Waals surface area contributed by atoms with Crippen LogP contribution in [0.5, 0.6) is 0 Å². The molecule has 0 aromatic rings. The van der Waals surface area contributed by atoms with Crippen molar-refractivity contribution >= 4 is 39.2 Å². The Labute approximate surface area is 176 Å². The lowest BCUT2D eigenvalue weighted by atomic mass is 10.1. The average Bonchev–Trinajstić information content (AvgIpc) is 2.66. The molecular weight excluding hydrogens is 425 g/mol. The minimum Gasteiger partial charge on any atom is -0.455 e. The van der Waals surface area contributed by atoms with E-state index < -0.39 is 51.6 Å². The number of ether oxygens (including phenoxy) is 1. The summed E-state index contributed by atoms with van der Waals surface area (Å²) in [7, 11) is -7.56. The van der Waals surface area contributed by atoms with Gasteiger partial charge in [0.25, 0.3) is 0 Å². The first-order valence-corrected chi connectivity index (χ1v) is 23.8. The number of cyclic esters (lactones) is 1. The topological polar surface area (TPSA) is 63.2 Å². The highest BCUT2D eigenvalue weighted by atomic mass is 28.4. The Morgan fingerprint density at radius 2 is 1.29 bits per heavy atom. The Kier molecular flexibility index (Phi) is 8.54. The molecule has 10 heteroatoms. The van der Waals surface area contributed by atoms with Gasteiger partial charge < -0.3 is 22.4 Å². The molecule has 0 aromatic heterocycles. The molecule has 0 spiro atoms. The van der Waals surface area contributed by atoms with Crippen molar-refractivity contribution in [1.82, 2.24) is 0 Å². The fourth-order valence-electron chi connectivity index (χ4n) is 2.88. The van der Waals surface area contributed by atoms with Gasteiger partial charge in [-0.1, -0.05) is 0 Å². The molecule has 166 valence electrons. The van der Waals surface area contributed by atoms with Crippen molar-refractivity contribution in [2.24, 2.45) is 0 Å². The molecule has 1 fully saturated rings. The molecule has 0 aromatic carbocycles. The molecule has 1 saturated heterocycles. The second kappa shape index (κ2) is 9.12. The first-order chi connectivity index (χ1) is 12.3. The van der Waals surface area contributed by atoms with E-state index in [1.54, 1.807) is 0 Å². The Hall–Kier alpha value is 0.178. The van der Waals surface area contributed by atoms with E-state index in [2.05, 4.69) is 78.6 Å². The highest BCUT2D eigenvalue weighted by Gasteiger charge is 2.53. The Bertz CT molecular complexity index is 530. The van der Waals surface area contributed by atoms with Gasteiger partial charge >= 0.3 is 5.97 Å². The van der Waals surface area contributed by atoms with Gasteiger partial charge in [0, 0.05) is 0 Å². The van der Waals surface area contributed by atoms with Crippen molar-refractivity contribution in [1.29, 1.82) is 0 Å². The SMILES string of the molecule is C[Si](C)(C)OCC(O[Si](C)(C)C)[C@@H]1OC(=O)[C@H](O[Si](C)(C)C)[C@H]1O[Si](C)(C)C. The summed E-state index contributed by atoms with van der Waals surface area (Å²) in [6.07, 6.45) is -2.01. The summed E-state index contributed by atoms with van der Waals surface area (Å²) in [5, 5.41) is 0. The Morgan fingerprint density at radius 3 is 1.68 bits per heavy atom. The van der Waals surface area contributed by atoms with Crippen molar-refractivity contribution in [3.63, 3.8) is 0 Å². The number of carbonyl (C=O) groups excluding carboxylic acids is 1. The number of carbonyl (C=O) groups is 1. The maximum absolute atomic E-state index is 12.8. The van der Waals surface area contributed by atoms with Crippen LogP contribution in [0.1, 0.15) is 0 Å². The van der Waals surface area contributed by atoms with Gasteiger partial charge in [0.05, 0.1) is 6.61 Å². The fraction of sp³-hybridized carbons (Fsp3) is 0.944. The third-order valence-corrected chi connectivity index (χ3v) is 7.61. The molecular formula is C18H42O6Si4. The number of esters is 1. The molecule has 0 N–H and O–H groups in total. The second-order valence-electron chi connectivity index (χ2n) is 11.4. The van der Waals surface area contributed by atoms with Gasteiger partial charge in [-0.2, -0.15) is 0 Å². The lowest BCUT2D eigenvalue weighted by Crippen LogP contribution is -2.53. The van der Waals surface area contributed by atoms with E-state index in [0.717, 1.165) is 0 Å². The standard InChI is InChI=1S/C18H42O6Si4/c1-25(2,3)20-13-14(22-26(4,5)6)15-16(23-27(7,8)9)17(18(19)21-15)24-28(10,11)12/h14-17H,13H2,1-12H3/t14?,15-,16-,17+/m0/s1. The third-order valence-electron chi connectivity index (χ3n) is 3.63. The summed E-state index contributed by atoms with van der Waals surface area (Å²) in [5.41, 5.74) is 0. The quantitative estimate of drug-likeness (QED) is 0.351. The summed E-state index contributed by atoms with van der Waals surface area (Å²) in [6.45, 7) is 25.8. The van der Waals surface area contributed by atoms with Crippen molar-refractivity contribution < 1.29 is 27.2 Å². The second-order valence-corrected chi connectivity index (χ2v) is 29.3. The number of rotatable bonds is 10. The van der Waals surface area contributed by atoms with Crippen molar-refractivity contribution in [3.05, 3.63) is 0 Å². The zero-order valence-corrected chi connectivity index (χ0v) is 24.0. The molecule has 1 rings (SSSR count). The zero-order valence-electron chi connectivity index (χ0n) is 20.0. The maximum Gasteiger partial charge on any atom is 0.337 e. The molecule has 1 heterocycles. The Balaban J connectivity index is 3.20. The first kappa shape index (κ1) is 26.2. The highest BCUT2D eigenvalue weighted by molar-refractivity contribution is 6.71. The molecule has 28 heavy (non-hydrogen) atoms. The van der Waals surface area contributed by atoms with Crippen molar-refractivity contribution in [2.75, 3.05) is 6.61 Å². The van der Waals surface area contributed by atoms with Gasteiger partial charge in [0.1, 0.15) is 12.2 Å². The van der Waals surface area contributed by atoms with Gasteiger partial charge in [-0.05, 0) is 78.6 Å². The minimum absolute atomic E-state index is 0.340. The van der Waals surface area contributed by atoms with E-state index in [-0.39, 0.29) is 12.1 Å². The van der Waals surface area contributed by atoms with E-state index in [4.69, 9.17) is 22.4 Å². The lowest BCUT2D eigenvalue weighted by molar-refractivity contribution is -0.150. The van der Waals surface area contributed by atoms with Gasteiger partial charge in [-0.3, -0.25) is 0 Å². The van der Waals surface area contributed by atoms with Gasteiger partial charge in [-0.25, -0.2) is 4.79 Å². The smallest absolute Gasteiger partial charge is 0.337 e. The summed E-state index contributed by atoms with van der Waals surface area (Å²) < 4.78 is 31.1. The van der Waals surface area contributed by atoms with E-state index in [1.807, 2.05) is 0 Å². The van der Waals surface area contributed by atoms with Gasteiger partial charge in [-0.15, -0.1) is 0 Å². The monoisotopic (exact) mass is 466 g/mol. The van der Waals surface area contributed by atoms with Crippen LogP contribution < -0.4 is 0 Å². The molecule has 0 bridgehead atoms. The van der Waals surface area contributed by atoms with E-state index in [9.17, 15) is 4.79 Å². The van der Waals surface area contributed by atoms with Crippen LogP contribution in [0.25, 0.3) is 0 Å². The number of hydrogen-bond donors (Lipinski definition) is 0. The van der Waals surface area contributed by atoms with E-state index >= 15 is 0 Å². The summed E-state index contributed by atoms with van der Waals surface area (Å²) in [5.74, 6) is -0.340. The van der Waals surface area contributed by atoms with Crippen molar-refractivity contribution in [3.8, 4) is 0 Å². The Morgan fingerprint density at radius 1 is 0.786 bits per heavy atom. The summed E-state index contributed by atoms with van der Waals surface area (Å²) >= 11 is 0. The van der Waals surface area contributed by atoms with Crippen LogP contribution >= 0.6 is 0 Å². The third kappa shape index (κ3) is 9.79. The fourth-order valence-corrected chi connectivity index (χ4v) is 6.72. The predicted molar refractivity (Wildman–Crippen MR) is 124 cm³/mol. The molecule has 0 aliphatic carbocycles. The summed E-state index contributed by atoms with van der Waals surface area (Å²) in [4.78, 5) is 12.8.